The SMILES string of the molecule is Cc1cccc(C)c1-c1cc2nc(n1)NSc1cccc(c1)N(C1CC3(CC(N)C3)C1)C(CC(C)(C)C)CO2. The minimum atomic E-state index is 0.151. The van der Waals surface area contributed by atoms with Gasteiger partial charge in [-0.05, 0) is 98.1 Å². The molecule has 1 aliphatic heterocycles. The molecule has 39 heavy (non-hydrogen) atoms. The van der Waals surface area contributed by atoms with Gasteiger partial charge in [0.1, 0.15) is 6.61 Å². The van der Waals surface area contributed by atoms with Crippen molar-refractivity contribution < 1.29 is 4.74 Å². The van der Waals surface area contributed by atoms with Gasteiger partial charge in [0.25, 0.3) is 0 Å². The number of aromatic nitrogens is 2. The Morgan fingerprint density at radius 3 is 2.44 bits per heavy atom. The van der Waals surface area contributed by atoms with E-state index >= 15 is 0 Å². The zero-order valence-electron chi connectivity index (χ0n) is 23.8. The van der Waals surface area contributed by atoms with Crippen molar-refractivity contribution in [2.75, 3.05) is 16.2 Å². The van der Waals surface area contributed by atoms with Gasteiger partial charge in [0.2, 0.25) is 11.8 Å². The first-order valence-electron chi connectivity index (χ1n) is 14.2. The van der Waals surface area contributed by atoms with Crippen molar-refractivity contribution in [3.63, 3.8) is 0 Å². The highest BCUT2D eigenvalue weighted by molar-refractivity contribution is 8.00. The number of nitrogens with two attached hydrogens (primary N) is 1. The molecule has 206 valence electrons. The lowest BCUT2D eigenvalue weighted by molar-refractivity contribution is -0.0129. The second-order valence-electron chi connectivity index (χ2n) is 13.3. The van der Waals surface area contributed by atoms with Crippen LogP contribution in [-0.4, -0.2) is 34.7 Å². The first-order chi connectivity index (χ1) is 18.6. The van der Waals surface area contributed by atoms with Crippen LogP contribution in [0.4, 0.5) is 11.6 Å². The van der Waals surface area contributed by atoms with Gasteiger partial charge in [-0.2, -0.15) is 4.98 Å². The van der Waals surface area contributed by atoms with Crippen LogP contribution in [0.5, 0.6) is 5.88 Å². The van der Waals surface area contributed by atoms with E-state index in [0.717, 1.165) is 22.6 Å². The Kier molecular flexibility index (Phi) is 6.79. The number of rotatable bonds is 3. The Morgan fingerprint density at radius 2 is 1.74 bits per heavy atom. The molecule has 1 unspecified atom stereocenters. The third-order valence-electron chi connectivity index (χ3n) is 8.60. The highest BCUT2D eigenvalue weighted by atomic mass is 32.2. The standard InChI is InChI=1S/C32H41N5OS/c1-20-8-6-9-21(2)29(20)27-13-28-35-30(34-27)36-39-26-11-7-10-23(12-26)37(25(19-38-28)16-31(3,4)5)24-17-32(18-24)14-22(33)15-32/h6-13,22,24-25H,14-19,33H2,1-5H3,(H,34,35,36). The molecule has 2 saturated carbocycles. The number of nitrogens with one attached hydrogen (secondary N) is 1. The molecular formula is C32H41N5OS. The highest BCUT2D eigenvalue weighted by Crippen LogP contribution is 2.57. The second kappa shape index (κ2) is 10.0. The molecule has 6 rings (SSSR count). The molecule has 3 aliphatic rings. The normalized spacial score (nSPS) is 26.4. The van der Waals surface area contributed by atoms with Gasteiger partial charge in [-0.25, -0.2) is 4.98 Å². The summed E-state index contributed by atoms with van der Waals surface area (Å²) in [6.07, 6.45) is 5.79. The van der Waals surface area contributed by atoms with Crippen LogP contribution in [0.25, 0.3) is 11.3 Å². The van der Waals surface area contributed by atoms with Crippen LogP contribution in [0.3, 0.4) is 0 Å². The van der Waals surface area contributed by atoms with Crippen molar-refractivity contribution >= 4 is 23.6 Å². The summed E-state index contributed by atoms with van der Waals surface area (Å²) in [6, 6.07) is 18.4. The maximum atomic E-state index is 6.59. The summed E-state index contributed by atoms with van der Waals surface area (Å²) in [6.45, 7) is 11.8. The maximum absolute atomic E-state index is 6.59. The van der Waals surface area contributed by atoms with E-state index in [-0.39, 0.29) is 11.5 Å². The summed E-state index contributed by atoms with van der Waals surface area (Å²) in [5.74, 6) is 1.18. The smallest absolute Gasteiger partial charge is 0.237 e. The van der Waals surface area contributed by atoms with Crippen LogP contribution >= 0.6 is 11.9 Å². The van der Waals surface area contributed by atoms with Gasteiger partial charge >= 0.3 is 0 Å². The van der Waals surface area contributed by atoms with Gasteiger partial charge in [-0.15, -0.1) is 0 Å². The lowest BCUT2D eigenvalue weighted by atomic mass is 9.52. The fourth-order valence-electron chi connectivity index (χ4n) is 7.07. The first kappa shape index (κ1) is 26.5. The Hall–Kier alpha value is -2.77. The van der Waals surface area contributed by atoms with Crippen LogP contribution in [0.2, 0.25) is 0 Å². The summed E-state index contributed by atoms with van der Waals surface area (Å²) in [5, 5.41) is 0. The monoisotopic (exact) mass is 543 g/mol. The van der Waals surface area contributed by atoms with E-state index in [9.17, 15) is 0 Å². The van der Waals surface area contributed by atoms with Gasteiger partial charge in [0.05, 0.1) is 11.7 Å². The molecular weight excluding hydrogens is 502 g/mol. The third kappa shape index (κ3) is 5.48. The molecule has 2 fully saturated rings. The van der Waals surface area contributed by atoms with Crippen molar-refractivity contribution in [2.24, 2.45) is 16.6 Å². The number of aryl methyl sites for hydroxylation is 2. The molecule has 0 amide bonds. The average Bonchev–Trinajstić information content (AvgIpc) is 2.82. The van der Waals surface area contributed by atoms with Gasteiger partial charge in [-0.1, -0.05) is 45.0 Å². The first-order valence-corrected chi connectivity index (χ1v) is 15.0. The fraction of sp³-hybridized carbons (Fsp3) is 0.500. The number of hydrogen-bond acceptors (Lipinski definition) is 7. The minimum Gasteiger partial charge on any atom is -0.475 e. The summed E-state index contributed by atoms with van der Waals surface area (Å²) < 4.78 is 9.99. The number of benzene rings is 2. The van der Waals surface area contributed by atoms with Crippen molar-refractivity contribution in [2.45, 2.75) is 89.7 Å². The molecule has 0 saturated heterocycles. The Labute approximate surface area is 237 Å². The molecule has 1 aromatic heterocycles. The van der Waals surface area contributed by atoms with E-state index < -0.39 is 0 Å². The van der Waals surface area contributed by atoms with Gasteiger partial charge in [0.15, 0.2) is 0 Å². The topological polar surface area (TPSA) is 76.3 Å². The highest BCUT2D eigenvalue weighted by Gasteiger charge is 2.54. The molecule has 1 spiro atoms. The zero-order chi connectivity index (χ0) is 27.4. The van der Waals surface area contributed by atoms with E-state index in [1.54, 1.807) is 11.9 Å². The van der Waals surface area contributed by atoms with Crippen molar-refractivity contribution in [3.05, 3.63) is 59.7 Å². The number of ether oxygens (including phenoxy) is 1. The summed E-state index contributed by atoms with van der Waals surface area (Å²) in [5.41, 5.74) is 12.5. The van der Waals surface area contributed by atoms with E-state index in [1.165, 1.54) is 42.5 Å². The Balaban J connectivity index is 1.38. The predicted molar refractivity (Wildman–Crippen MR) is 161 cm³/mol. The van der Waals surface area contributed by atoms with Crippen LogP contribution in [0.1, 0.15) is 64.0 Å². The molecule has 6 nitrogen and oxygen atoms in total. The molecule has 2 aromatic carbocycles. The molecule has 7 heteroatoms. The van der Waals surface area contributed by atoms with Crippen molar-refractivity contribution in [1.82, 2.24) is 9.97 Å². The van der Waals surface area contributed by atoms with Gasteiger partial charge in [0, 0.05) is 34.3 Å². The lowest BCUT2D eigenvalue weighted by Gasteiger charge is -2.61. The summed E-state index contributed by atoms with van der Waals surface area (Å²) >= 11 is 1.55. The predicted octanol–water partition coefficient (Wildman–Crippen LogP) is 7.15. The maximum Gasteiger partial charge on any atom is 0.237 e. The van der Waals surface area contributed by atoms with Crippen LogP contribution in [-0.2, 0) is 0 Å². The molecule has 1 atom stereocenters. The third-order valence-corrected chi connectivity index (χ3v) is 9.38. The van der Waals surface area contributed by atoms with Crippen LogP contribution in [0, 0.1) is 24.7 Å². The van der Waals surface area contributed by atoms with E-state index in [4.69, 9.17) is 20.4 Å². The molecule has 2 heterocycles. The number of fused-ring (bicyclic) bond motifs is 4. The Morgan fingerprint density at radius 1 is 1.03 bits per heavy atom. The summed E-state index contributed by atoms with van der Waals surface area (Å²) in [7, 11) is 0. The minimum absolute atomic E-state index is 0.151. The number of nitrogens with zero attached hydrogens (tertiary/aromatic N) is 3. The largest absolute Gasteiger partial charge is 0.475 e. The molecule has 2 aliphatic carbocycles. The van der Waals surface area contributed by atoms with E-state index in [1.807, 2.05) is 6.07 Å². The Bertz CT molecular complexity index is 1330. The van der Waals surface area contributed by atoms with Crippen molar-refractivity contribution in [1.29, 1.82) is 0 Å². The van der Waals surface area contributed by atoms with Gasteiger partial charge in [-0.3, -0.25) is 4.72 Å². The number of anilines is 2. The molecule has 4 bridgehead atoms. The number of hydrogen-bond donors (Lipinski definition) is 2. The molecule has 3 N–H and O–H groups in total. The summed E-state index contributed by atoms with van der Waals surface area (Å²) in [4.78, 5) is 13.5. The zero-order valence-corrected chi connectivity index (χ0v) is 24.6. The van der Waals surface area contributed by atoms with Crippen LogP contribution in [0.15, 0.2) is 53.4 Å². The average molecular weight is 544 g/mol. The van der Waals surface area contributed by atoms with Gasteiger partial charge < -0.3 is 15.4 Å². The van der Waals surface area contributed by atoms with Crippen molar-refractivity contribution in [3.8, 4) is 17.1 Å². The second-order valence-corrected chi connectivity index (χ2v) is 14.1. The molecule has 0 radical (unpaired) electrons. The lowest BCUT2D eigenvalue weighted by Crippen LogP contribution is -2.62. The van der Waals surface area contributed by atoms with E-state index in [0.29, 0.717) is 35.9 Å². The fourth-order valence-corrected chi connectivity index (χ4v) is 7.70. The van der Waals surface area contributed by atoms with E-state index in [2.05, 4.69) is 86.7 Å². The molecule has 3 aromatic rings. The van der Waals surface area contributed by atoms with Crippen LogP contribution < -0.4 is 20.1 Å². The quantitative estimate of drug-likeness (QED) is 0.340.